The van der Waals surface area contributed by atoms with Crippen molar-refractivity contribution in [3.63, 3.8) is 0 Å². The molecule has 1 aromatic heterocycles. The zero-order valence-electron chi connectivity index (χ0n) is 14.9. The van der Waals surface area contributed by atoms with Crippen LogP contribution < -0.4 is 5.32 Å². The smallest absolute Gasteiger partial charge is 0.194 e. The van der Waals surface area contributed by atoms with Crippen LogP contribution in [0.1, 0.15) is 30.8 Å². The number of aromatic nitrogens is 3. The Morgan fingerprint density at radius 2 is 1.88 bits per heavy atom. The number of benzene rings is 1. The molecule has 0 aliphatic carbocycles. The van der Waals surface area contributed by atoms with Gasteiger partial charge in [-0.2, -0.15) is 0 Å². The van der Waals surface area contributed by atoms with Crippen LogP contribution in [-0.4, -0.2) is 39.2 Å². The summed E-state index contributed by atoms with van der Waals surface area (Å²) >= 11 is 0. The monoisotopic (exact) mass is 442 g/mol. The van der Waals surface area contributed by atoms with E-state index in [1.165, 1.54) is 11.1 Å². The molecule has 1 heterocycles. The van der Waals surface area contributed by atoms with Gasteiger partial charge in [0.1, 0.15) is 12.9 Å². The SMILES string of the molecule is CCNC(=NCc1nncn1C)N(C)Cc1ccc(CC)cc1.I. The van der Waals surface area contributed by atoms with Crippen molar-refractivity contribution in [2.45, 2.75) is 33.4 Å². The Hall–Kier alpha value is -1.64. The van der Waals surface area contributed by atoms with Crippen LogP contribution >= 0.6 is 24.0 Å². The Balaban J connectivity index is 0.00000288. The van der Waals surface area contributed by atoms with Crippen LogP contribution in [-0.2, 0) is 26.6 Å². The molecule has 0 radical (unpaired) electrons. The molecule has 7 heteroatoms. The number of guanidine groups is 1. The summed E-state index contributed by atoms with van der Waals surface area (Å²) in [7, 11) is 3.97. The van der Waals surface area contributed by atoms with E-state index < -0.39 is 0 Å². The van der Waals surface area contributed by atoms with Crippen molar-refractivity contribution in [3.8, 4) is 0 Å². The zero-order valence-corrected chi connectivity index (χ0v) is 17.2. The second-order valence-electron chi connectivity index (χ2n) is 5.55. The molecular formula is C17H27IN6. The zero-order chi connectivity index (χ0) is 16.7. The van der Waals surface area contributed by atoms with Crippen molar-refractivity contribution in [3.05, 3.63) is 47.5 Å². The predicted molar refractivity (Wildman–Crippen MR) is 109 cm³/mol. The van der Waals surface area contributed by atoms with Gasteiger partial charge in [-0.15, -0.1) is 34.2 Å². The van der Waals surface area contributed by atoms with Crippen molar-refractivity contribution < 1.29 is 0 Å². The molecule has 132 valence electrons. The van der Waals surface area contributed by atoms with E-state index >= 15 is 0 Å². The van der Waals surface area contributed by atoms with E-state index in [4.69, 9.17) is 0 Å². The summed E-state index contributed by atoms with van der Waals surface area (Å²) in [4.78, 5) is 6.78. The van der Waals surface area contributed by atoms with Gasteiger partial charge in [-0.3, -0.25) is 0 Å². The first-order valence-electron chi connectivity index (χ1n) is 8.04. The van der Waals surface area contributed by atoms with E-state index in [1.807, 2.05) is 18.7 Å². The Morgan fingerprint density at radius 3 is 2.42 bits per heavy atom. The number of hydrogen-bond donors (Lipinski definition) is 1. The van der Waals surface area contributed by atoms with Gasteiger partial charge < -0.3 is 14.8 Å². The lowest BCUT2D eigenvalue weighted by Gasteiger charge is -2.22. The minimum Gasteiger partial charge on any atom is -0.357 e. The molecule has 1 aromatic carbocycles. The van der Waals surface area contributed by atoms with Crippen molar-refractivity contribution in [2.24, 2.45) is 12.0 Å². The van der Waals surface area contributed by atoms with Gasteiger partial charge in [0.2, 0.25) is 0 Å². The topological polar surface area (TPSA) is 58.3 Å². The van der Waals surface area contributed by atoms with E-state index in [0.717, 1.165) is 31.3 Å². The van der Waals surface area contributed by atoms with E-state index in [-0.39, 0.29) is 24.0 Å². The van der Waals surface area contributed by atoms with Crippen LogP contribution in [0.15, 0.2) is 35.6 Å². The average molecular weight is 442 g/mol. The van der Waals surface area contributed by atoms with Crippen LogP contribution in [0.5, 0.6) is 0 Å². The molecule has 2 aromatic rings. The second-order valence-corrected chi connectivity index (χ2v) is 5.55. The molecule has 0 aliphatic heterocycles. The summed E-state index contributed by atoms with van der Waals surface area (Å²) in [6, 6.07) is 8.74. The van der Waals surface area contributed by atoms with Crippen LogP contribution in [0.4, 0.5) is 0 Å². The Morgan fingerprint density at radius 1 is 1.21 bits per heavy atom. The number of aryl methyl sites for hydroxylation is 2. The molecular weight excluding hydrogens is 415 g/mol. The lowest BCUT2D eigenvalue weighted by atomic mass is 10.1. The van der Waals surface area contributed by atoms with Gasteiger partial charge in [-0.1, -0.05) is 31.2 Å². The average Bonchev–Trinajstić information content (AvgIpc) is 2.97. The number of nitrogens with one attached hydrogen (secondary N) is 1. The normalized spacial score (nSPS) is 11.1. The molecule has 0 unspecified atom stereocenters. The third kappa shape index (κ3) is 5.77. The molecule has 0 spiro atoms. The van der Waals surface area contributed by atoms with Gasteiger partial charge in [0.25, 0.3) is 0 Å². The molecule has 0 amide bonds. The molecule has 2 rings (SSSR count). The number of nitrogens with zero attached hydrogens (tertiary/aromatic N) is 5. The van der Waals surface area contributed by atoms with E-state index in [9.17, 15) is 0 Å². The van der Waals surface area contributed by atoms with Crippen molar-refractivity contribution in [2.75, 3.05) is 13.6 Å². The predicted octanol–water partition coefficient (Wildman–Crippen LogP) is 2.59. The van der Waals surface area contributed by atoms with Crippen molar-refractivity contribution in [1.82, 2.24) is 25.0 Å². The Bertz CT molecular complexity index is 635. The highest BCUT2D eigenvalue weighted by Crippen LogP contribution is 2.08. The third-order valence-corrected chi connectivity index (χ3v) is 3.72. The third-order valence-electron chi connectivity index (χ3n) is 3.72. The largest absolute Gasteiger partial charge is 0.357 e. The Kier molecular flexibility index (Phi) is 8.73. The molecule has 0 saturated heterocycles. The van der Waals surface area contributed by atoms with Crippen molar-refractivity contribution in [1.29, 1.82) is 0 Å². The first-order valence-corrected chi connectivity index (χ1v) is 8.04. The molecule has 0 fully saturated rings. The first-order chi connectivity index (χ1) is 11.1. The van der Waals surface area contributed by atoms with Crippen LogP contribution in [0.3, 0.4) is 0 Å². The Labute approximate surface area is 161 Å². The molecule has 1 N–H and O–H groups in total. The molecule has 6 nitrogen and oxygen atoms in total. The summed E-state index contributed by atoms with van der Waals surface area (Å²) in [6.07, 6.45) is 2.76. The highest BCUT2D eigenvalue weighted by molar-refractivity contribution is 14.0. The number of rotatable bonds is 6. The van der Waals surface area contributed by atoms with E-state index in [1.54, 1.807) is 6.33 Å². The molecule has 24 heavy (non-hydrogen) atoms. The van der Waals surface area contributed by atoms with Crippen LogP contribution in [0.25, 0.3) is 0 Å². The fourth-order valence-corrected chi connectivity index (χ4v) is 2.29. The van der Waals surface area contributed by atoms with Gasteiger partial charge in [0, 0.05) is 27.2 Å². The van der Waals surface area contributed by atoms with Crippen LogP contribution in [0, 0.1) is 0 Å². The molecule has 0 atom stereocenters. The van der Waals surface area contributed by atoms with Gasteiger partial charge in [0.15, 0.2) is 11.8 Å². The quantitative estimate of drug-likeness (QED) is 0.425. The fraction of sp³-hybridized carbons (Fsp3) is 0.471. The lowest BCUT2D eigenvalue weighted by Crippen LogP contribution is -2.38. The minimum absolute atomic E-state index is 0. The van der Waals surface area contributed by atoms with E-state index in [2.05, 4.69) is 63.5 Å². The van der Waals surface area contributed by atoms with Gasteiger partial charge in [-0.25, -0.2) is 4.99 Å². The fourth-order valence-electron chi connectivity index (χ4n) is 2.29. The molecule has 0 bridgehead atoms. The molecule has 0 saturated carbocycles. The number of aliphatic imine (C=N–C) groups is 1. The van der Waals surface area contributed by atoms with Gasteiger partial charge >= 0.3 is 0 Å². The lowest BCUT2D eigenvalue weighted by molar-refractivity contribution is 0.476. The summed E-state index contributed by atoms with van der Waals surface area (Å²) in [5.41, 5.74) is 2.63. The minimum atomic E-state index is 0. The van der Waals surface area contributed by atoms with E-state index in [0.29, 0.717) is 6.54 Å². The maximum Gasteiger partial charge on any atom is 0.194 e. The maximum atomic E-state index is 4.65. The van der Waals surface area contributed by atoms with Gasteiger partial charge in [-0.05, 0) is 24.5 Å². The van der Waals surface area contributed by atoms with Gasteiger partial charge in [0.05, 0.1) is 0 Å². The summed E-state index contributed by atoms with van der Waals surface area (Å²) in [5.74, 6) is 1.72. The highest BCUT2D eigenvalue weighted by atomic mass is 127. The number of halogens is 1. The highest BCUT2D eigenvalue weighted by Gasteiger charge is 2.08. The van der Waals surface area contributed by atoms with Crippen LogP contribution in [0.2, 0.25) is 0 Å². The number of hydrogen-bond acceptors (Lipinski definition) is 3. The molecule has 0 aliphatic rings. The first kappa shape index (κ1) is 20.4. The maximum absolute atomic E-state index is 4.65. The summed E-state index contributed by atoms with van der Waals surface area (Å²) in [5, 5.41) is 11.3. The second kappa shape index (κ2) is 10.3. The summed E-state index contributed by atoms with van der Waals surface area (Å²) < 4.78 is 1.89. The standard InChI is InChI=1S/C17H26N6.HI/c1-5-14-7-9-15(10-8-14)12-22(3)17(18-6-2)19-11-16-21-20-13-23(16)4;/h7-10,13H,5-6,11-12H2,1-4H3,(H,18,19);1H. The van der Waals surface area contributed by atoms with Crippen molar-refractivity contribution >= 4 is 29.9 Å². The summed E-state index contributed by atoms with van der Waals surface area (Å²) in [6.45, 7) is 6.40.